The molecule has 2 aliphatic rings. The van der Waals surface area contributed by atoms with Gasteiger partial charge in [0.25, 0.3) is 5.91 Å². The summed E-state index contributed by atoms with van der Waals surface area (Å²) in [5, 5.41) is 0. The van der Waals surface area contributed by atoms with Gasteiger partial charge in [0.1, 0.15) is 5.69 Å². The summed E-state index contributed by atoms with van der Waals surface area (Å²) in [6, 6.07) is 3.98. The van der Waals surface area contributed by atoms with Crippen molar-refractivity contribution in [1.29, 1.82) is 0 Å². The van der Waals surface area contributed by atoms with Gasteiger partial charge in [-0.25, -0.2) is 4.98 Å². The third kappa shape index (κ3) is 4.44. The number of carbonyl (C=O) groups excluding carboxylic acids is 2. The average molecular weight is 393 g/mol. The first-order valence-corrected chi connectivity index (χ1v) is 10.3. The van der Waals surface area contributed by atoms with Gasteiger partial charge in [0.15, 0.2) is 0 Å². The van der Waals surface area contributed by atoms with E-state index in [-0.39, 0.29) is 17.2 Å². The van der Waals surface area contributed by atoms with E-state index >= 15 is 0 Å². The molecule has 152 valence electrons. The van der Waals surface area contributed by atoms with Crippen LogP contribution in [0.4, 0.5) is 0 Å². The van der Waals surface area contributed by atoms with E-state index in [4.69, 9.17) is 0 Å². The van der Waals surface area contributed by atoms with Gasteiger partial charge in [0.05, 0.1) is 11.9 Å². The van der Waals surface area contributed by atoms with Crippen molar-refractivity contribution < 1.29 is 9.59 Å². The quantitative estimate of drug-likeness (QED) is 0.796. The SMILES string of the molecule is Cc1cnc(C(=O)N2CCC3(CCC(=O)N(CCc4cccnc4)C3)CC2)cn1. The van der Waals surface area contributed by atoms with Gasteiger partial charge in [-0.15, -0.1) is 0 Å². The molecule has 2 fully saturated rings. The van der Waals surface area contributed by atoms with Gasteiger partial charge in [-0.05, 0) is 49.7 Å². The van der Waals surface area contributed by atoms with Crippen molar-refractivity contribution in [2.75, 3.05) is 26.2 Å². The van der Waals surface area contributed by atoms with Crippen LogP contribution in [0.3, 0.4) is 0 Å². The third-order valence-electron chi connectivity index (χ3n) is 6.25. The average Bonchev–Trinajstić information content (AvgIpc) is 2.76. The number of aryl methyl sites for hydroxylation is 1. The first kappa shape index (κ1) is 19.5. The Labute approximate surface area is 171 Å². The highest BCUT2D eigenvalue weighted by Crippen LogP contribution is 2.40. The molecule has 0 unspecified atom stereocenters. The second-order valence-corrected chi connectivity index (χ2v) is 8.26. The number of amides is 2. The summed E-state index contributed by atoms with van der Waals surface area (Å²) in [6.45, 7) is 4.79. The lowest BCUT2D eigenvalue weighted by Gasteiger charge is -2.47. The van der Waals surface area contributed by atoms with Gasteiger partial charge in [-0.1, -0.05) is 6.07 Å². The van der Waals surface area contributed by atoms with Crippen molar-refractivity contribution in [3.05, 3.63) is 53.9 Å². The summed E-state index contributed by atoms with van der Waals surface area (Å²) >= 11 is 0. The van der Waals surface area contributed by atoms with E-state index in [1.165, 1.54) is 0 Å². The molecule has 0 radical (unpaired) electrons. The van der Waals surface area contributed by atoms with E-state index in [1.807, 2.05) is 29.0 Å². The molecule has 2 aromatic heterocycles. The third-order valence-corrected chi connectivity index (χ3v) is 6.25. The zero-order valence-corrected chi connectivity index (χ0v) is 16.9. The second kappa shape index (κ2) is 8.27. The van der Waals surface area contributed by atoms with Crippen molar-refractivity contribution >= 4 is 11.8 Å². The minimum absolute atomic E-state index is 0.0485. The van der Waals surface area contributed by atoms with Crippen molar-refractivity contribution in [3.8, 4) is 0 Å². The molecule has 7 heteroatoms. The van der Waals surface area contributed by atoms with E-state index in [0.29, 0.717) is 25.2 Å². The summed E-state index contributed by atoms with van der Waals surface area (Å²) in [6.07, 6.45) is 11.0. The molecule has 4 rings (SSSR count). The Morgan fingerprint density at radius 1 is 1.14 bits per heavy atom. The maximum atomic E-state index is 12.7. The molecule has 2 aliphatic heterocycles. The van der Waals surface area contributed by atoms with Gasteiger partial charge in [0, 0.05) is 51.2 Å². The van der Waals surface area contributed by atoms with E-state index in [0.717, 1.165) is 50.0 Å². The van der Waals surface area contributed by atoms with Crippen LogP contribution in [0.2, 0.25) is 0 Å². The molecule has 7 nitrogen and oxygen atoms in total. The van der Waals surface area contributed by atoms with Gasteiger partial charge in [0.2, 0.25) is 5.91 Å². The molecule has 0 atom stereocenters. The molecule has 0 saturated carbocycles. The van der Waals surface area contributed by atoms with Crippen LogP contribution in [0, 0.1) is 12.3 Å². The molecule has 0 aromatic carbocycles. The van der Waals surface area contributed by atoms with Crippen LogP contribution in [0.15, 0.2) is 36.9 Å². The number of hydrogen-bond donors (Lipinski definition) is 0. The molecular formula is C22H27N5O2. The number of piperidine rings is 2. The van der Waals surface area contributed by atoms with E-state index in [9.17, 15) is 9.59 Å². The number of aromatic nitrogens is 3. The smallest absolute Gasteiger partial charge is 0.274 e. The number of carbonyl (C=O) groups is 2. The number of likely N-dealkylation sites (tertiary alicyclic amines) is 2. The number of hydrogen-bond acceptors (Lipinski definition) is 5. The standard InChI is InChI=1S/C22H27N5O2/c1-17-13-25-19(15-24-17)21(29)26-11-7-22(8-12-26)6-4-20(28)27(16-22)10-5-18-3-2-9-23-14-18/h2-3,9,13-15H,4-8,10-12,16H2,1H3. The molecular weight excluding hydrogens is 366 g/mol. The lowest BCUT2D eigenvalue weighted by molar-refractivity contribution is -0.138. The summed E-state index contributed by atoms with van der Waals surface area (Å²) in [5.74, 6) is 0.195. The number of rotatable bonds is 4. The predicted octanol–water partition coefficient (Wildman–Crippen LogP) is 2.27. The number of pyridine rings is 1. The van der Waals surface area contributed by atoms with Gasteiger partial charge < -0.3 is 9.80 Å². The summed E-state index contributed by atoms with van der Waals surface area (Å²) in [7, 11) is 0. The van der Waals surface area contributed by atoms with Gasteiger partial charge >= 0.3 is 0 Å². The van der Waals surface area contributed by atoms with Crippen LogP contribution in [-0.4, -0.2) is 62.7 Å². The van der Waals surface area contributed by atoms with E-state index in [2.05, 4.69) is 21.0 Å². The molecule has 29 heavy (non-hydrogen) atoms. The summed E-state index contributed by atoms with van der Waals surface area (Å²) < 4.78 is 0. The topological polar surface area (TPSA) is 79.3 Å². The lowest BCUT2D eigenvalue weighted by Crippen LogP contribution is -2.52. The number of nitrogens with zero attached hydrogens (tertiary/aromatic N) is 5. The zero-order valence-electron chi connectivity index (χ0n) is 16.9. The first-order chi connectivity index (χ1) is 14.0. The van der Waals surface area contributed by atoms with Crippen molar-refractivity contribution in [1.82, 2.24) is 24.8 Å². The second-order valence-electron chi connectivity index (χ2n) is 8.26. The predicted molar refractivity (Wildman–Crippen MR) is 108 cm³/mol. The minimum Gasteiger partial charge on any atom is -0.342 e. The Kier molecular flexibility index (Phi) is 5.56. The Balaban J connectivity index is 1.35. The maximum absolute atomic E-state index is 12.7. The fourth-order valence-corrected chi connectivity index (χ4v) is 4.37. The Morgan fingerprint density at radius 3 is 2.66 bits per heavy atom. The molecule has 2 aromatic rings. The minimum atomic E-state index is -0.0485. The highest BCUT2D eigenvalue weighted by Gasteiger charge is 2.41. The molecule has 0 bridgehead atoms. The van der Waals surface area contributed by atoms with Crippen LogP contribution in [0.1, 0.15) is 47.4 Å². The van der Waals surface area contributed by atoms with Crippen molar-refractivity contribution in [2.24, 2.45) is 5.41 Å². The maximum Gasteiger partial charge on any atom is 0.274 e. The normalized spacial score (nSPS) is 18.9. The van der Waals surface area contributed by atoms with Crippen LogP contribution >= 0.6 is 0 Å². The fourth-order valence-electron chi connectivity index (χ4n) is 4.37. The highest BCUT2D eigenvalue weighted by atomic mass is 16.2. The van der Waals surface area contributed by atoms with Gasteiger partial charge in [-0.2, -0.15) is 0 Å². The molecule has 0 N–H and O–H groups in total. The van der Waals surface area contributed by atoms with Crippen LogP contribution in [0.5, 0.6) is 0 Å². The summed E-state index contributed by atoms with van der Waals surface area (Å²) in [5.41, 5.74) is 2.49. The van der Waals surface area contributed by atoms with Crippen LogP contribution < -0.4 is 0 Å². The van der Waals surface area contributed by atoms with Crippen molar-refractivity contribution in [3.63, 3.8) is 0 Å². The first-order valence-electron chi connectivity index (χ1n) is 10.3. The fraction of sp³-hybridized carbons (Fsp3) is 0.500. The molecule has 4 heterocycles. The zero-order chi connectivity index (χ0) is 20.3. The lowest BCUT2D eigenvalue weighted by atomic mass is 9.72. The van der Waals surface area contributed by atoms with Crippen LogP contribution in [-0.2, 0) is 11.2 Å². The monoisotopic (exact) mass is 393 g/mol. The van der Waals surface area contributed by atoms with E-state index in [1.54, 1.807) is 18.6 Å². The van der Waals surface area contributed by atoms with E-state index < -0.39 is 0 Å². The molecule has 1 spiro atoms. The summed E-state index contributed by atoms with van der Waals surface area (Å²) in [4.78, 5) is 41.6. The van der Waals surface area contributed by atoms with Crippen molar-refractivity contribution in [2.45, 2.75) is 39.0 Å². The Morgan fingerprint density at radius 2 is 1.97 bits per heavy atom. The van der Waals surface area contributed by atoms with Crippen LogP contribution in [0.25, 0.3) is 0 Å². The molecule has 0 aliphatic carbocycles. The molecule has 2 saturated heterocycles. The Hall–Kier alpha value is -2.83. The highest BCUT2D eigenvalue weighted by molar-refractivity contribution is 5.92. The molecule has 2 amide bonds. The Bertz CT molecular complexity index is 861. The largest absolute Gasteiger partial charge is 0.342 e. The van der Waals surface area contributed by atoms with Gasteiger partial charge in [-0.3, -0.25) is 19.6 Å².